The number of nitrogens with two attached hydrogens (primary N) is 1. The summed E-state index contributed by atoms with van der Waals surface area (Å²) in [7, 11) is 2.17. The molecular weight excluding hydrogens is 226 g/mol. The summed E-state index contributed by atoms with van der Waals surface area (Å²) in [5.41, 5.74) is 7.82. The van der Waals surface area contributed by atoms with Crippen LogP contribution in [0.2, 0.25) is 0 Å². The molecule has 18 heavy (non-hydrogen) atoms. The van der Waals surface area contributed by atoms with E-state index in [1.807, 2.05) is 13.0 Å². The highest BCUT2D eigenvalue weighted by molar-refractivity contribution is 5.62. The van der Waals surface area contributed by atoms with Crippen molar-refractivity contribution < 1.29 is 4.74 Å². The van der Waals surface area contributed by atoms with Crippen molar-refractivity contribution in [1.29, 1.82) is 0 Å². The summed E-state index contributed by atoms with van der Waals surface area (Å²) in [6.07, 6.45) is 0. The zero-order valence-corrected chi connectivity index (χ0v) is 11.5. The molecule has 0 aromatic heterocycles. The predicted molar refractivity (Wildman–Crippen MR) is 76.3 cm³/mol. The zero-order chi connectivity index (χ0) is 13.1. The third kappa shape index (κ3) is 2.70. The molecule has 2 N–H and O–H groups in total. The maximum absolute atomic E-state index is 5.91. The van der Waals surface area contributed by atoms with Gasteiger partial charge in [-0.1, -0.05) is 0 Å². The lowest BCUT2D eigenvalue weighted by Gasteiger charge is -2.40. The van der Waals surface area contributed by atoms with Crippen molar-refractivity contribution in [3.63, 3.8) is 0 Å². The number of nitrogen functional groups attached to an aromatic ring is 1. The number of ether oxygens (including phenoxy) is 1. The summed E-state index contributed by atoms with van der Waals surface area (Å²) in [6.45, 7) is 8.11. The Morgan fingerprint density at radius 1 is 1.39 bits per heavy atom. The predicted octanol–water partition coefficient (Wildman–Crippen LogP) is 1.81. The van der Waals surface area contributed by atoms with Gasteiger partial charge >= 0.3 is 0 Å². The first-order chi connectivity index (χ1) is 8.61. The van der Waals surface area contributed by atoms with Crippen LogP contribution in [-0.2, 0) is 0 Å². The van der Waals surface area contributed by atoms with Gasteiger partial charge in [-0.2, -0.15) is 0 Å². The van der Waals surface area contributed by atoms with Crippen LogP contribution in [0.15, 0.2) is 18.2 Å². The molecule has 2 rings (SSSR count). The Morgan fingerprint density at radius 2 is 2.17 bits per heavy atom. The molecule has 0 radical (unpaired) electrons. The molecule has 1 unspecified atom stereocenters. The fraction of sp³-hybridized carbons (Fsp3) is 0.571. The van der Waals surface area contributed by atoms with Gasteiger partial charge in [0.1, 0.15) is 5.75 Å². The maximum atomic E-state index is 5.91. The number of hydrogen-bond donors (Lipinski definition) is 1. The Hall–Kier alpha value is -1.42. The average Bonchev–Trinajstić information content (AvgIpc) is 2.33. The van der Waals surface area contributed by atoms with E-state index in [0.717, 1.165) is 25.4 Å². The van der Waals surface area contributed by atoms with E-state index >= 15 is 0 Å². The third-order valence-corrected chi connectivity index (χ3v) is 3.46. The van der Waals surface area contributed by atoms with Crippen molar-refractivity contribution in [3.05, 3.63) is 18.2 Å². The SMILES string of the molecule is CCOc1cc(N2CCN(C)CC2C)ccc1N. The van der Waals surface area contributed by atoms with Crippen molar-refractivity contribution in [3.8, 4) is 5.75 Å². The lowest BCUT2D eigenvalue weighted by molar-refractivity contribution is 0.275. The van der Waals surface area contributed by atoms with Crippen LogP contribution in [-0.4, -0.2) is 44.2 Å². The van der Waals surface area contributed by atoms with Crippen LogP contribution in [0.25, 0.3) is 0 Å². The molecule has 0 amide bonds. The first-order valence-electron chi connectivity index (χ1n) is 6.59. The summed E-state index contributed by atoms with van der Waals surface area (Å²) in [5.74, 6) is 0.793. The van der Waals surface area contributed by atoms with Crippen molar-refractivity contribution in [2.45, 2.75) is 19.9 Å². The molecule has 1 aromatic carbocycles. The Kier molecular flexibility index (Phi) is 3.97. The van der Waals surface area contributed by atoms with E-state index in [0.29, 0.717) is 18.3 Å². The minimum Gasteiger partial charge on any atom is -0.492 e. The van der Waals surface area contributed by atoms with E-state index in [-0.39, 0.29) is 0 Å². The molecule has 1 atom stereocenters. The Bertz CT molecular complexity index is 408. The third-order valence-electron chi connectivity index (χ3n) is 3.46. The second kappa shape index (κ2) is 5.48. The van der Waals surface area contributed by atoms with Gasteiger partial charge in [0.15, 0.2) is 0 Å². The summed E-state index contributed by atoms with van der Waals surface area (Å²) in [4.78, 5) is 4.78. The van der Waals surface area contributed by atoms with Gasteiger partial charge in [-0.25, -0.2) is 0 Å². The molecule has 100 valence electrons. The smallest absolute Gasteiger partial charge is 0.144 e. The molecule has 1 aromatic rings. The van der Waals surface area contributed by atoms with E-state index in [2.05, 4.69) is 35.9 Å². The quantitative estimate of drug-likeness (QED) is 0.830. The van der Waals surface area contributed by atoms with Crippen molar-refractivity contribution in [2.75, 3.05) is 43.9 Å². The summed E-state index contributed by atoms with van der Waals surface area (Å²) < 4.78 is 5.56. The highest BCUT2D eigenvalue weighted by atomic mass is 16.5. The van der Waals surface area contributed by atoms with Crippen molar-refractivity contribution >= 4 is 11.4 Å². The van der Waals surface area contributed by atoms with E-state index < -0.39 is 0 Å². The molecule has 1 heterocycles. The van der Waals surface area contributed by atoms with Gasteiger partial charge in [0, 0.05) is 37.4 Å². The Morgan fingerprint density at radius 3 is 2.83 bits per heavy atom. The molecule has 0 saturated carbocycles. The number of rotatable bonds is 3. The topological polar surface area (TPSA) is 41.7 Å². The van der Waals surface area contributed by atoms with Crippen molar-refractivity contribution in [2.24, 2.45) is 0 Å². The lowest BCUT2D eigenvalue weighted by atomic mass is 10.1. The minimum atomic E-state index is 0.516. The molecule has 1 fully saturated rings. The van der Waals surface area contributed by atoms with Gasteiger partial charge in [0.25, 0.3) is 0 Å². The average molecular weight is 249 g/mol. The van der Waals surface area contributed by atoms with E-state index in [9.17, 15) is 0 Å². The number of likely N-dealkylation sites (N-methyl/N-ethyl adjacent to an activating group) is 1. The van der Waals surface area contributed by atoms with Gasteiger partial charge in [-0.15, -0.1) is 0 Å². The standard InChI is InChI=1S/C14H23N3O/c1-4-18-14-9-12(5-6-13(14)15)17-8-7-16(3)10-11(17)2/h5-6,9,11H,4,7-8,10,15H2,1-3H3. The number of benzene rings is 1. The van der Waals surface area contributed by atoms with Crippen LogP contribution in [0.3, 0.4) is 0 Å². The molecule has 1 saturated heterocycles. The van der Waals surface area contributed by atoms with Crippen molar-refractivity contribution in [1.82, 2.24) is 4.90 Å². The van der Waals surface area contributed by atoms with E-state index in [4.69, 9.17) is 10.5 Å². The van der Waals surface area contributed by atoms with Gasteiger partial charge < -0.3 is 20.3 Å². The first kappa shape index (κ1) is 13.0. The van der Waals surface area contributed by atoms with Gasteiger partial charge in [-0.05, 0) is 33.0 Å². The maximum Gasteiger partial charge on any atom is 0.144 e. The van der Waals surface area contributed by atoms with E-state index in [1.54, 1.807) is 0 Å². The molecule has 4 heteroatoms. The number of hydrogen-bond acceptors (Lipinski definition) is 4. The summed E-state index contributed by atoms with van der Waals surface area (Å²) >= 11 is 0. The van der Waals surface area contributed by atoms with Gasteiger partial charge in [0.05, 0.1) is 12.3 Å². The molecule has 4 nitrogen and oxygen atoms in total. The van der Waals surface area contributed by atoms with Crippen LogP contribution in [0.4, 0.5) is 11.4 Å². The molecule has 0 spiro atoms. The van der Waals surface area contributed by atoms with Gasteiger partial charge in [0.2, 0.25) is 0 Å². The lowest BCUT2D eigenvalue weighted by Crippen LogP contribution is -2.50. The second-order valence-electron chi connectivity index (χ2n) is 4.96. The molecule has 0 aliphatic carbocycles. The Balaban J connectivity index is 2.20. The monoisotopic (exact) mass is 249 g/mol. The van der Waals surface area contributed by atoms with Crippen LogP contribution >= 0.6 is 0 Å². The summed E-state index contributed by atoms with van der Waals surface area (Å²) in [5, 5.41) is 0. The molecule has 0 bridgehead atoms. The van der Waals surface area contributed by atoms with Crippen LogP contribution < -0.4 is 15.4 Å². The number of nitrogens with zero attached hydrogens (tertiary/aromatic N) is 2. The Labute approximate surface area is 109 Å². The van der Waals surface area contributed by atoms with Gasteiger partial charge in [-0.3, -0.25) is 0 Å². The van der Waals surface area contributed by atoms with Crippen LogP contribution in [0.5, 0.6) is 5.75 Å². The van der Waals surface area contributed by atoms with Crippen LogP contribution in [0.1, 0.15) is 13.8 Å². The summed E-state index contributed by atoms with van der Waals surface area (Å²) in [6, 6.07) is 6.59. The fourth-order valence-corrected chi connectivity index (χ4v) is 2.51. The first-order valence-corrected chi connectivity index (χ1v) is 6.59. The molecular formula is C14H23N3O. The van der Waals surface area contributed by atoms with Crippen LogP contribution in [0, 0.1) is 0 Å². The number of piperazine rings is 1. The minimum absolute atomic E-state index is 0.516. The number of anilines is 2. The normalized spacial score (nSPS) is 21.1. The fourth-order valence-electron chi connectivity index (χ4n) is 2.51. The highest BCUT2D eigenvalue weighted by Crippen LogP contribution is 2.29. The second-order valence-corrected chi connectivity index (χ2v) is 4.96. The highest BCUT2D eigenvalue weighted by Gasteiger charge is 2.22. The largest absolute Gasteiger partial charge is 0.492 e. The van der Waals surface area contributed by atoms with E-state index in [1.165, 1.54) is 5.69 Å². The molecule has 1 aliphatic heterocycles. The molecule has 1 aliphatic rings. The zero-order valence-electron chi connectivity index (χ0n) is 11.5.